The van der Waals surface area contributed by atoms with E-state index in [4.69, 9.17) is 0 Å². The van der Waals surface area contributed by atoms with Gasteiger partial charge in [-0.05, 0) is 42.9 Å². The second kappa shape index (κ2) is 9.47. The summed E-state index contributed by atoms with van der Waals surface area (Å²) in [6.07, 6.45) is 3.73. The minimum absolute atomic E-state index is 0.141. The number of sulfonamides is 1. The number of aliphatic carboxylic acids is 1. The zero-order chi connectivity index (χ0) is 21.9. The van der Waals surface area contributed by atoms with Gasteiger partial charge in [-0.15, -0.1) is 0 Å². The third-order valence-electron chi connectivity index (χ3n) is 6.16. The number of hydrogen-bond acceptors (Lipinski definition) is 4. The fourth-order valence-corrected chi connectivity index (χ4v) is 5.95. The molecule has 2 atom stereocenters. The van der Waals surface area contributed by atoms with Gasteiger partial charge in [-0.1, -0.05) is 38.8 Å². The van der Waals surface area contributed by atoms with Crippen LogP contribution in [0.5, 0.6) is 0 Å². The SMILES string of the molecule is CC(C)Cc1ccc(S(=O)(=O)N2CCN(C(=O)[C@H]3CCCC[C@H]3C(=O)O)CC2)cc1. The molecule has 1 aromatic carbocycles. The molecule has 1 aliphatic carbocycles. The van der Waals surface area contributed by atoms with Crippen LogP contribution in [0.4, 0.5) is 0 Å². The molecule has 0 aromatic heterocycles. The number of benzene rings is 1. The summed E-state index contributed by atoms with van der Waals surface area (Å²) < 4.78 is 27.4. The van der Waals surface area contributed by atoms with Crippen molar-refractivity contribution in [2.24, 2.45) is 17.8 Å². The molecule has 166 valence electrons. The van der Waals surface area contributed by atoms with Crippen LogP contribution in [0, 0.1) is 17.8 Å². The second-order valence-electron chi connectivity index (χ2n) is 8.81. The van der Waals surface area contributed by atoms with Crippen LogP contribution in [0.25, 0.3) is 0 Å². The van der Waals surface area contributed by atoms with Crippen molar-refractivity contribution in [1.29, 1.82) is 0 Å². The van der Waals surface area contributed by atoms with Crippen LogP contribution in [0.2, 0.25) is 0 Å². The van der Waals surface area contributed by atoms with Crippen molar-refractivity contribution < 1.29 is 23.1 Å². The Bertz CT molecular complexity index is 858. The Morgan fingerprint density at radius 1 is 1.00 bits per heavy atom. The number of rotatable bonds is 6. The molecule has 3 rings (SSSR count). The topological polar surface area (TPSA) is 95.0 Å². The molecule has 8 heteroatoms. The van der Waals surface area contributed by atoms with E-state index < -0.39 is 27.8 Å². The van der Waals surface area contributed by atoms with Gasteiger partial charge in [0.1, 0.15) is 0 Å². The van der Waals surface area contributed by atoms with Crippen LogP contribution in [-0.2, 0) is 26.0 Å². The number of carbonyl (C=O) groups is 2. The first kappa shape index (κ1) is 22.7. The van der Waals surface area contributed by atoms with Crippen LogP contribution in [-0.4, -0.2) is 60.8 Å². The van der Waals surface area contributed by atoms with E-state index in [1.807, 2.05) is 12.1 Å². The summed E-state index contributed by atoms with van der Waals surface area (Å²) in [5.41, 5.74) is 1.11. The first-order chi connectivity index (χ1) is 14.2. The van der Waals surface area contributed by atoms with Crippen molar-refractivity contribution in [2.45, 2.75) is 50.8 Å². The summed E-state index contributed by atoms with van der Waals surface area (Å²) in [6.45, 7) is 5.30. The monoisotopic (exact) mass is 436 g/mol. The highest BCUT2D eigenvalue weighted by Crippen LogP contribution is 2.32. The van der Waals surface area contributed by atoms with Gasteiger partial charge in [-0.2, -0.15) is 4.31 Å². The van der Waals surface area contributed by atoms with Gasteiger partial charge in [0.2, 0.25) is 15.9 Å². The van der Waals surface area contributed by atoms with Gasteiger partial charge in [0.25, 0.3) is 0 Å². The van der Waals surface area contributed by atoms with Gasteiger partial charge < -0.3 is 10.0 Å². The molecule has 1 saturated heterocycles. The predicted molar refractivity (Wildman–Crippen MR) is 113 cm³/mol. The van der Waals surface area contributed by atoms with E-state index in [2.05, 4.69) is 13.8 Å². The molecule has 7 nitrogen and oxygen atoms in total. The molecule has 1 amide bonds. The highest BCUT2D eigenvalue weighted by Gasteiger charge is 2.39. The fraction of sp³-hybridized carbons (Fsp3) is 0.636. The van der Waals surface area contributed by atoms with Crippen molar-refractivity contribution in [3.05, 3.63) is 29.8 Å². The van der Waals surface area contributed by atoms with Crippen molar-refractivity contribution in [3.63, 3.8) is 0 Å². The van der Waals surface area contributed by atoms with Crippen LogP contribution in [0.1, 0.15) is 45.1 Å². The molecular formula is C22H32N2O5S. The number of piperazine rings is 1. The van der Waals surface area contributed by atoms with Crippen LogP contribution >= 0.6 is 0 Å². The molecule has 2 aliphatic rings. The molecule has 0 spiro atoms. The number of carbonyl (C=O) groups excluding carboxylic acids is 1. The average Bonchev–Trinajstić information content (AvgIpc) is 2.73. The standard InChI is InChI=1S/C22H32N2O5S/c1-16(2)15-17-7-9-18(10-8-17)30(28,29)24-13-11-23(12-14-24)21(25)19-5-3-4-6-20(19)22(26)27/h7-10,16,19-20H,3-6,11-15H2,1-2H3,(H,26,27)/t19-,20+/m0/s1. The summed E-state index contributed by atoms with van der Waals surface area (Å²) in [5, 5.41) is 9.44. The minimum atomic E-state index is -3.60. The maximum Gasteiger partial charge on any atom is 0.307 e. The molecule has 0 unspecified atom stereocenters. The van der Waals surface area contributed by atoms with E-state index in [0.717, 1.165) is 24.8 Å². The van der Waals surface area contributed by atoms with E-state index in [1.165, 1.54) is 4.31 Å². The lowest BCUT2D eigenvalue weighted by Crippen LogP contribution is -2.53. The van der Waals surface area contributed by atoms with E-state index in [0.29, 0.717) is 31.8 Å². The van der Waals surface area contributed by atoms with Gasteiger partial charge in [-0.25, -0.2) is 8.42 Å². The van der Waals surface area contributed by atoms with Gasteiger partial charge in [0, 0.05) is 26.2 Å². The Hall–Kier alpha value is -1.93. The summed E-state index contributed by atoms with van der Waals surface area (Å²) in [4.78, 5) is 26.3. The molecule has 0 bridgehead atoms. The van der Waals surface area contributed by atoms with Crippen molar-refractivity contribution >= 4 is 21.9 Å². The Morgan fingerprint density at radius 3 is 2.10 bits per heavy atom. The number of carboxylic acids is 1. The lowest BCUT2D eigenvalue weighted by atomic mass is 9.78. The lowest BCUT2D eigenvalue weighted by molar-refractivity contribution is -0.152. The molecular weight excluding hydrogens is 404 g/mol. The number of amides is 1. The Morgan fingerprint density at radius 2 is 1.57 bits per heavy atom. The minimum Gasteiger partial charge on any atom is -0.481 e. The molecule has 1 N–H and O–H groups in total. The van der Waals surface area contributed by atoms with Crippen LogP contribution in [0.15, 0.2) is 29.2 Å². The first-order valence-electron chi connectivity index (χ1n) is 10.8. The summed E-state index contributed by atoms with van der Waals surface area (Å²) >= 11 is 0. The largest absolute Gasteiger partial charge is 0.481 e. The van der Waals surface area contributed by atoms with Gasteiger partial charge in [0.15, 0.2) is 0 Å². The first-order valence-corrected chi connectivity index (χ1v) is 12.2. The normalized spacial score (nSPS) is 23.5. The van der Waals surface area contributed by atoms with Crippen molar-refractivity contribution in [1.82, 2.24) is 9.21 Å². The molecule has 30 heavy (non-hydrogen) atoms. The highest BCUT2D eigenvalue weighted by molar-refractivity contribution is 7.89. The number of nitrogens with zero attached hydrogens (tertiary/aromatic N) is 2. The zero-order valence-electron chi connectivity index (χ0n) is 17.8. The molecule has 1 aliphatic heterocycles. The van der Waals surface area contributed by atoms with Crippen molar-refractivity contribution in [2.75, 3.05) is 26.2 Å². The predicted octanol–water partition coefficient (Wildman–Crippen LogP) is 2.61. The average molecular weight is 437 g/mol. The Labute approximate surface area is 179 Å². The summed E-state index contributed by atoms with van der Waals surface area (Å²) in [5.74, 6) is -1.67. The van der Waals surface area contributed by atoms with E-state index in [9.17, 15) is 23.1 Å². The molecule has 2 fully saturated rings. The number of carboxylic acid groups (broad SMARTS) is 1. The van der Waals surface area contributed by atoms with E-state index in [1.54, 1.807) is 17.0 Å². The quantitative estimate of drug-likeness (QED) is 0.740. The maximum atomic E-state index is 13.0. The van der Waals surface area contributed by atoms with Gasteiger partial charge >= 0.3 is 5.97 Å². The third-order valence-corrected chi connectivity index (χ3v) is 8.07. The van der Waals surface area contributed by atoms with Gasteiger partial charge in [-0.3, -0.25) is 9.59 Å². The lowest BCUT2D eigenvalue weighted by Gasteiger charge is -2.38. The number of hydrogen-bond donors (Lipinski definition) is 1. The smallest absolute Gasteiger partial charge is 0.307 e. The Balaban J connectivity index is 1.62. The van der Waals surface area contributed by atoms with Gasteiger partial charge in [0.05, 0.1) is 16.7 Å². The van der Waals surface area contributed by atoms with E-state index >= 15 is 0 Å². The van der Waals surface area contributed by atoms with E-state index in [-0.39, 0.29) is 23.9 Å². The molecule has 1 heterocycles. The molecule has 0 radical (unpaired) electrons. The van der Waals surface area contributed by atoms with Crippen molar-refractivity contribution in [3.8, 4) is 0 Å². The van der Waals surface area contributed by atoms with Crippen LogP contribution in [0.3, 0.4) is 0 Å². The molecule has 1 saturated carbocycles. The zero-order valence-corrected chi connectivity index (χ0v) is 18.6. The summed E-state index contributed by atoms with van der Waals surface area (Å²) in [7, 11) is -3.60. The fourth-order valence-electron chi connectivity index (χ4n) is 4.52. The Kier molecular flexibility index (Phi) is 7.18. The van der Waals surface area contributed by atoms with Crippen LogP contribution < -0.4 is 0 Å². The second-order valence-corrected chi connectivity index (χ2v) is 10.7. The third kappa shape index (κ3) is 5.03. The molecule has 1 aromatic rings. The maximum absolute atomic E-state index is 13.0. The summed E-state index contributed by atoms with van der Waals surface area (Å²) in [6, 6.07) is 7.04. The highest BCUT2D eigenvalue weighted by atomic mass is 32.2.